The summed E-state index contributed by atoms with van der Waals surface area (Å²) in [6.45, 7) is 10.4. The van der Waals surface area contributed by atoms with Gasteiger partial charge < -0.3 is 30.3 Å². The van der Waals surface area contributed by atoms with E-state index in [1.165, 1.54) is 19.2 Å². The van der Waals surface area contributed by atoms with Crippen molar-refractivity contribution in [3.05, 3.63) is 76.0 Å². The average Bonchev–Trinajstić information content (AvgIpc) is 3.67. The first-order valence-corrected chi connectivity index (χ1v) is 16.7. The fourth-order valence-electron chi connectivity index (χ4n) is 5.83. The van der Waals surface area contributed by atoms with Crippen LogP contribution in [0.5, 0.6) is 0 Å². The molecule has 4 N–H and O–H groups in total. The molecule has 0 aliphatic carbocycles. The molecule has 0 spiro atoms. The number of carbonyl (C=O) groups is 2. The number of hydrazine groups is 1. The van der Waals surface area contributed by atoms with Crippen LogP contribution in [0.3, 0.4) is 0 Å². The number of piperidine rings is 1. The van der Waals surface area contributed by atoms with Crippen LogP contribution in [-0.2, 0) is 14.3 Å². The van der Waals surface area contributed by atoms with Gasteiger partial charge in [0, 0.05) is 33.3 Å². The number of methoxy groups -OCH3 is 1. The Kier molecular flexibility index (Phi) is 15.1. The number of hydrogen-bond acceptors (Lipinski definition) is 8. The summed E-state index contributed by atoms with van der Waals surface area (Å²) in [5, 5.41) is 4.69. The molecule has 3 heterocycles. The van der Waals surface area contributed by atoms with Crippen LogP contribution in [-0.4, -0.2) is 87.4 Å². The first-order chi connectivity index (χ1) is 22.5. The number of para-hydroxylation sites is 1. The number of ether oxygens (including phenoxy) is 2. The number of benzene rings is 2. The molecule has 2 atom stereocenters. The number of nitrogens with two attached hydrogens (primary N) is 1. The molecule has 13 heteroatoms. The van der Waals surface area contributed by atoms with Crippen molar-refractivity contribution in [3.8, 4) is 0 Å². The smallest absolute Gasteiger partial charge is 0.410 e. The second kappa shape index (κ2) is 18.4. The Bertz CT molecular complexity index is 1320. The van der Waals surface area contributed by atoms with E-state index in [0.717, 1.165) is 54.6 Å². The third kappa shape index (κ3) is 11.0. The zero-order valence-electron chi connectivity index (χ0n) is 28.0. The third-order valence-corrected chi connectivity index (χ3v) is 9.03. The monoisotopic (exact) mass is 722 g/mol. The number of anilines is 1. The first kappa shape index (κ1) is 38.3. The van der Waals surface area contributed by atoms with Crippen LogP contribution < -0.4 is 21.5 Å². The lowest BCUT2D eigenvalue weighted by Crippen LogP contribution is -2.48. The molecule has 5 rings (SSSR count). The highest BCUT2D eigenvalue weighted by atomic mass is 79.9. The number of nitrogens with zero attached hydrogens (tertiary/aromatic N) is 3. The van der Waals surface area contributed by atoms with Gasteiger partial charge in [-0.2, -0.15) is 0 Å². The number of rotatable bonds is 8. The highest BCUT2D eigenvalue weighted by molar-refractivity contribution is 9.11. The molecular formula is C34H49BrF2N6O4. The minimum Gasteiger partial charge on any atom is -0.444 e. The molecule has 0 bridgehead atoms. The highest BCUT2D eigenvalue weighted by Crippen LogP contribution is 2.36. The van der Waals surface area contributed by atoms with Gasteiger partial charge in [0.05, 0.1) is 22.8 Å². The minimum absolute atomic E-state index is 0.0310. The van der Waals surface area contributed by atoms with Crippen LogP contribution in [0.15, 0.2) is 58.8 Å². The van der Waals surface area contributed by atoms with Gasteiger partial charge in [0.1, 0.15) is 11.4 Å². The van der Waals surface area contributed by atoms with E-state index >= 15 is 0 Å². The Morgan fingerprint density at radius 1 is 1.06 bits per heavy atom. The predicted molar refractivity (Wildman–Crippen MR) is 184 cm³/mol. The molecule has 10 nitrogen and oxygen atoms in total. The Morgan fingerprint density at radius 3 is 2.34 bits per heavy atom. The van der Waals surface area contributed by atoms with Crippen molar-refractivity contribution in [1.82, 2.24) is 20.5 Å². The van der Waals surface area contributed by atoms with Gasteiger partial charge >= 0.3 is 6.09 Å². The second-order valence-corrected chi connectivity index (χ2v) is 13.3. The molecule has 2 unspecified atom stereocenters. The molecule has 0 saturated carbocycles. The molecule has 2 aromatic carbocycles. The van der Waals surface area contributed by atoms with E-state index in [9.17, 15) is 18.4 Å². The Morgan fingerprint density at radius 2 is 1.74 bits per heavy atom. The summed E-state index contributed by atoms with van der Waals surface area (Å²) >= 11 is 3.68. The summed E-state index contributed by atoms with van der Waals surface area (Å²) in [4.78, 5) is 27.5. The van der Waals surface area contributed by atoms with Gasteiger partial charge in [0.25, 0.3) is 0 Å². The largest absolute Gasteiger partial charge is 0.444 e. The van der Waals surface area contributed by atoms with Crippen molar-refractivity contribution in [1.29, 1.82) is 0 Å². The molecule has 3 aliphatic heterocycles. The SMILES string of the molecule is CC(C)(C)OC(=O)N1CCC(C2NN(c3ccccc3)C(NC=O)=C2Br)CC1.CN.COCCN1CCC(c2ccc(F)c(F)c2)C1. The lowest BCUT2D eigenvalue weighted by atomic mass is 9.90. The Labute approximate surface area is 285 Å². The summed E-state index contributed by atoms with van der Waals surface area (Å²) in [6, 6.07) is 14.1. The molecule has 2 fully saturated rings. The van der Waals surface area contributed by atoms with Gasteiger partial charge in [-0.1, -0.05) is 24.3 Å². The molecule has 2 amide bonds. The number of halogens is 3. The van der Waals surface area contributed by atoms with Crippen molar-refractivity contribution in [3.63, 3.8) is 0 Å². The van der Waals surface area contributed by atoms with Crippen molar-refractivity contribution < 1.29 is 27.8 Å². The van der Waals surface area contributed by atoms with E-state index in [-0.39, 0.29) is 12.1 Å². The molecule has 2 aromatic rings. The van der Waals surface area contributed by atoms with Crippen LogP contribution in [0.1, 0.15) is 51.5 Å². The zero-order chi connectivity index (χ0) is 34.6. The summed E-state index contributed by atoms with van der Waals surface area (Å²) in [5.41, 5.74) is 9.35. The Balaban J connectivity index is 0.000000270. The topological polar surface area (TPSA) is 112 Å². The van der Waals surface area contributed by atoms with Crippen LogP contribution in [0.2, 0.25) is 0 Å². The van der Waals surface area contributed by atoms with Crippen molar-refractivity contribution in [2.24, 2.45) is 11.7 Å². The van der Waals surface area contributed by atoms with E-state index in [2.05, 4.69) is 37.3 Å². The fourth-order valence-corrected chi connectivity index (χ4v) is 6.60. The molecule has 260 valence electrons. The number of carbonyl (C=O) groups excluding carboxylic acids is 2. The molecular weight excluding hydrogens is 674 g/mol. The van der Waals surface area contributed by atoms with E-state index in [0.29, 0.717) is 43.8 Å². The van der Waals surface area contributed by atoms with Crippen LogP contribution in [0.25, 0.3) is 0 Å². The number of nitrogens with one attached hydrogen (secondary N) is 2. The van der Waals surface area contributed by atoms with Crippen LogP contribution in [0.4, 0.5) is 19.3 Å². The van der Waals surface area contributed by atoms with Crippen LogP contribution in [0, 0.1) is 17.6 Å². The third-order valence-electron chi connectivity index (χ3n) is 8.16. The first-order valence-electron chi connectivity index (χ1n) is 15.9. The van der Waals surface area contributed by atoms with Crippen molar-refractivity contribution in [2.75, 3.05) is 58.5 Å². The highest BCUT2D eigenvalue weighted by Gasteiger charge is 2.38. The standard InChI is InChI=1S/C20H27BrN4O3.C13H17F2NO.CH5N/c1-20(2,3)28-19(27)24-11-9-14(10-12-24)17-16(21)18(22-13-26)25(23-17)15-7-5-4-6-8-15;1-17-7-6-16-5-4-11(9-16)10-2-3-12(14)13(15)8-10;1-2/h4-8,13-14,17,23H,9-12H2,1-3H3,(H,22,26);2-3,8,11H,4-7,9H2,1H3;2H2,1H3. The molecule has 2 saturated heterocycles. The summed E-state index contributed by atoms with van der Waals surface area (Å²) in [6.07, 6.45) is 3.12. The summed E-state index contributed by atoms with van der Waals surface area (Å²) in [5.74, 6) is -0.200. The Hall–Kier alpha value is -3.10. The van der Waals surface area contributed by atoms with Crippen molar-refractivity contribution in [2.45, 2.75) is 57.6 Å². The average molecular weight is 724 g/mol. The van der Waals surface area contributed by atoms with E-state index in [4.69, 9.17) is 9.47 Å². The lowest BCUT2D eigenvalue weighted by Gasteiger charge is -2.36. The maximum absolute atomic E-state index is 13.1. The molecule has 47 heavy (non-hydrogen) atoms. The van der Waals surface area contributed by atoms with E-state index in [1.54, 1.807) is 18.1 Å². The van der Waals surface area contributed by atoms with E-state index in [1.807, 2.05) is 56.1 Å². The van der Waals surface area contributed by atoms with Gasteiger partial charge in [0.15, 0.2) is 11.6 Å². The maximum atomic E-state index is 13.1. The molecule has 0 radical (unpaired) electrons. The number of hydrogen-bond donors (Lipinski definition) is 3. The molecule has 0 aromatic heterocycles. The van der Waals surface area contributed by atoms with Gasteiger partial charge in [-0.25, -0.2) is 19.0 Å². The van der Waals surface area contributed by atoms with Gasteiger partial charge in [-0.05, 0) is 111 Å². The molecule has 3 aliphatic rings. The van der Waals surface area contributed by atoms with Crippen LogP contribution >= 0.6 is 15.9 Å². The summed E-state index contributed by atoms with van der Waals surface area (Å²) in [7, 11) is 3.18. The van der Waals surface area contributed by atoms with E-state index < -0.39 is 17.2 Å². The van der Waals surface area contributed by atoms with Gasteiger partial charge in [-0.3, -0.25) is 9.80 Å². The van der Waals surface area contributed by atoms with Crippen molar-refractivity contribution >= 4 is 34.1 Å². The van der Waals surface area contributed by atoms with Gasteiger partial charge in [0.2, 0.25) is 6.41 Å². The fraction of sp³-hybridized carbons (Fsp3) is 0.529. The maximum Gasteiger partial charge on any atom is 0.410 e. The predicted octanol–water partition coefficient (Wildman–Crippen LogP) is 5.31. The lowest BCUT2D eigenvalue weighted by molar-refractivity contribution is -0.109. The second-order valence-electron chi connectivity index (χ2n) is 12.5. The van der Waals surface area contributed by atoms with Gasteiger partial charge in [-0.15, -0.1) is 0 Å². The number of likely N-dealkylation sites (tertiary alicyclic amines) is 2. The zero-order valence-corrected chi connectivity index (χ0v) is 29.6. The minimum atomic E-state index is -0.775. The number of amides is 2. The summed E-state index contributed by atoms with van der Waals surface area (Å²) < 4.78 is 37.4. The quantitative estimate of drug-likeness (QED) is 0.315. The normalized spacial score (nSPS) is 20.3.